The Hall–Kier alpha value is -4.00. The van der Waals surface area contributed by atoms with Gasteiger partial charge >= 0.3 is 6.03 Å². The predicted octanol–water partition coefficient (Wildman–Crippen LogP) is 5.42. The third-order valence-corrected chi connectivity index (χ3v) is 8.03. The molecule has 3 aromatic rings. The zero-order valence-corrected chi connectivity index (χ0v) is 22.4. The van der Waals surface area contributed by atoms with Crippen molar-refractivity contribution in [1.82, 2.24) is 10.2 Å². The lowest BCUT2D eigenvalue weighted by atomic mass is 9.89. The molecule has 3 unspecified atom stereocenters. The van der Waals surface area contributed by atoms with Gasteiger partial charge in [0.2, 0.25) is 0 Å². The number of aryl methyl sites for hydroxylation is 2. The van der Waals surface area contributed by atoms with E-state index in [4.69, 9.17) is 4.74 Å². The fraction of sp³-hybridized carbons (Fsp3) is 0.355. The Morgan fingerprint density at radius 3 is 2.53 bits per heavy atom. The summed E-state index contributed by atoms with van der Waals surface area (Å²) in [6.45, 7) is 10.3. The van der Waals surface area contributed by atoms with Gasteiger partial charge in [0.1, 0.15) is 5.75 Å². The summed E-state index contributed by atoms with van der Waals surface area (Å²) < 4.78 is 6.44. The molecule has 7 nitrogen and oxygen atoms in total. The first kappa shape index (κ1) is 24.3. The van der Waals surface area contributed by atoms with Crippen LogP contribution < -0.4 is 19.9 Å². The highest BCUT2D eigenvalue weighted by molar-refractivity contribution is 5.99. The molecular formula is C31H34N4O3. The molecule has 1 N–H and O–H groups in total. The van der Waals surface area contributed by atoms with E-state index in [2.05, 4.69) is 54.4 Å². The molecule has 0 aromatic heterocycles. The number of carbonyl (C=O) groups is 2. The van der Waals surface area contributed by atoms with Gasteiger partial charge in [-0.1, -0.05) is 35.9 Å². The monoisotopic (exact) mass is 510 g/mol. The topological polar surface area (TPSA) is 65.1 Å². The number of urea groups is 1. The molecule has 2 saturated heterocycles. The van der Waals surface area contributed by atoms with Crippen molar-refractivity contribution in [2.24, 2.45) is 0 Å². The predicted molar refractivity (Wildman–Crippen MR) is 149 cm³/mol. The normalized spacial score (nSPS) is 24.4. The molecule has 3 aliphatic rings. The van der Waals surface area contributed by atoms with E-state index in [9.17, 15) is 9.59 Å². The van der Waals surface area contributed by atoms with E-state index in [1.165, 1.54) is 11.3 Å². The van der Waals surface area contributed by atoms with Gasteiger partial charge in [0.05, 0.1) is 11.7 Å². The molecule has 7 heteroatoms. The van der Waals surface area contributed by atoms with Crippen LogP contribution in [0.3, 0.4) is 0 Å². The highest BCUT2D eigenvalue weighted by atomic mass is 16.5. The summed E-state index contributed by atoms with van der Waals surface area (Å²) >= 11 is 0. The Morgan fingerprint density at radius 1 is 0.974 bits per heavy atom. The number of amides is 3. The van der Waals surface area contributed by atoms with Crippen molar-refractivity contribution in [2.45, 2.75) is 51.9 Å². The Labute approximate surface area is 224 Å². The summed E-state index contributed by atoms with van der Waals surface area (Å²) in [4.78, 5) is 32.9. The van der Waals surface area contributed by atoms with E-state index in [1.54, 1.807) is 4.90 Å². The standard InChI is InChI=1S/C31H34N4O3/c1-20-7-5-9-24(15-20)34-14-13-33(19-22(34)3)29(36)23-8-6-10-25(17-23)35-30(37)32-27-18-31(35,4)38-28-12-11-21(2)16-26(27)28/h5-12,15-17,22,27H,13-14,18-19H2,1-4H3,(H,32,37). The lowest BCUT2D eigenvalue weighted by molar-refractivity contribution is 0.0377. The minimum absolute atomic E-state index is 0.0200. The van der Waals surface area contributed by atoms with Crippen molar-refractivity contribution < 1.29 is 14.3 Å². The number of carbonyl (C=O) groups excluding carboxylic acids is 2. The van der Waals surface area contributed by atoms with E-state index in [0.717, 1.165) is 23.4 Å². The maximum absolute atomic E-state index is 13.6. The van der Waals surface area contributed by atoms with Gasteiger partial charge in [-0.15, -0.1) is 0 Å². The second kappa shape index (κ2) is 9.08. The van der Waals surface area contributed by atoms with Crippen molar-refractivity contribution >= 4 is 23.3 Å². The number of benzene rings is 3. The maximum Gasteiger partial charge on any atom is 0.325 e. The van der Waals surface area contributed by atoms with Crippen LogP contribution in [0.2, 0.25) is 0 Å². The average Bonchev–Trinajstić information content (AvgIpc) is 2.88. The van der Waals surface area contributed by atoms with Crippen molar-refractivity contribution in [3.63, 3.8) is 0 Å². The van der Waals surface area contributed by atoms with Gasteiger partial charge in [0, 0.05) is 48.9 Å². The molecule has 0 aliphatic carbocycles. The minimum atomic E-state index is -0.856. The largest absolute Gasteiger partial charge is 0.467 e. The number of hydrogen-bond donors (Lipinski definition) is 1. The minimum Gasteiger partial charge on any atom is -0.467 e. The van der Waals surface area contributed by atoms with E-state index in [0.29, 0.717) is 30.8 Å². The molecule has 38 heavy (non-hydrogen) atoms. The van der Waals surface area contributed by atoms with Gasteiger partial charge in [-0.3, -0.25) is 9.69 Å². The zero-order chi connectivity index (χ0) is 26.6. The van der Waals surface area contributed by atoms with Crippen LogP contribution in [0.4, 0.5) is 16.2 Å². The second-order valence-corrected chi connectivity index (χ2v) is 11.0. The third-order valence-electron chi connectivity index (χ3n) is 8.03. The molecule has 6 rings (SSSR count). The first-order chi connectivity index (χ1) is 18.2. The summed E-state index contributed by atoms with van der Waals surface area (Å²) in [7, 11) is 0. The molecule has 0 saturated carbocycles. The molecule has 3 heterocycles. The van der Waals surface area contributed by atoms with Crippen LogP contribution in [0, 0.1) is 13.8 Å². The molecule has 196 valence electrons. The number of nitrogens with zero attached hydrogens (tertiary/aromatic N) is 3. The summed E-state index contributed by atoms with van der Waals surface area (Å²) in [5.74, 6) is 0.764. The van der Waals surface area contributed by atoms with Gasteiger partial charge in [-0.25, -0.2) is 4.79 Å². The van der Waals surface area contributed by atoms with Crippen molar-refractivity contribution in [3.8, 4) is 5.75 Å². The number of nitrogens with one attached hydrogen (secondary N) is 1. The fourth-order valence-corrected chi connectivity index (χ4v) is 6.18. The van der Waals surface area contributed by atoms with Gasteiger partial charge in [0.25, 0.3) is 5.91 Å². The summed E-state index contributed by atoms with van der Waals surface area (Å²) in [5.41, 5.74) is 4.93. The van der Waals surface area contributed by atoms with E-state index >= 15 is 0 Å². The number of fused-ring (bicyclic) bond motifs is 4. The fourth-order valence-electron chi connectivity index (χ4n) is 6.18. The van der Waals surface area contributed by atoms with Crippen LogP contribution in [0.1, 0.15) is 53.4 Å². The van der Waals surface area contributed by atoms with Crippen molar-refractivity contribution in [1.29, 1.82) is 0 Å². The first-order valence-electron chi connectivity index (χ1n) is 13.3. The molecule has 3 aromatic carbocycles. The highest BCUT2D eigenvalue weighted by Crippen LogP contribution is 2.45. The number of piperazine rings is 1. The third kappa shape index (κ3) is 4.16. The van der Waals surface area contributed by atoms with Crippen molar-refractivity contribution in [2.75, 3.05) is 29.4 Å². The molecule has 3 atom stereocenters. The second-order valence-electron chi connectivity index (χ2n) is 11.0. The van der Waals surface area contributed by atoms with Gasteiger partial charge in [-0.05, 0) is 69.7 Å². The van der Waals surface area contributed by atoms with E-state index in [-0.39, 0.29) is 24.0 Å². The molecular weight excluding hydrogens is 476 g/mol. The molecule has 3 amide bonds. The quantitative estimate of drug-likeness (QED) is 0.511. The van der Waals surface area contributed by atoms with Crippen LogP contribution in [-0.2, 0) is 0 Å². The van der Waals surface area contributed by atoms with E-state index in [1.807, 2.05) is 55.1 Å². The maximum atomic E-state index is 13.6. The Balaban J connectivity index is 1.23. The Bertz CT molecular complexity index is 1420. The average molecular weight is 511 g/mol. The molecule has 0 radical (unpaired) electrons. The number of anilines is 2. The van der Waals surface area contributed by atoms with Gasteiger partial charge in [0.15, 0.2) is 5.72 Å². The van der Waals surface area contributed by atoms with Crippen LogP contribution in [-0.4, -0.2) is 48.2 Å². The summed E-state index contributed by atoms with van der Waals surface area (Å²) in [6.07, 6.45) is 0.617. The highest BCUT2D eigenvalue weighted by Gasteiger charge is 2.50. The molecule has 2 fully saturated rings. The van der Waals surface area contributed by atoms with Crippen LogP contribution in [0.5, 0.6) is 5.75 Å². The SMILES string of the molecule is Cc1cccc(N2CCN(C(=O)c3cccc(N4C(=O)NC5CC4(C)Oc4ccc(C)cc45)c3)CC2C)c1. The van der Waals surface area contributed by atoms with Crippen LogP contribution in [0.15, 0.2) is 66.7 Å². The van der Waals surface area contributed by atoms with Crippen molar-refractivity contribution in [3.05, 3.63) is 89.0 Å². The van der Waals surface area contributed by atoms with Gasteiger partial charge in [-0.2, -0.15) is 0 Å². The van der Waals surface area contributed by atoms with E-state index < -0.39 is 5.72 Å². The smallest absolute Gasteiger partial charge is 0.325 e. The van der Waals surface area contributed by atoms with Gasteiger partial charge < -0.3 is 19.9 Å². The summed E-state index contributed by atoms with van der Waals surface area (Å²) in [5, 5.41) is 3.15. The lowest BCUT2D eigenvalue weighted by Crippen LogP contribution is -2.65. The molecule has 0 spiro atoms. The molecule has 2 bridgehead atoms. The van der Waals surface area contributed by atoms with Crippen LogP contribution >= 0.6 is 0 Å². The summed E-state index contributed by atoms with van der Waals surface area (Å²) in [6, 6.07) is 21.8. The van der Waals surface area contributed by atoms with Crippen LogP contribution in [0.25, 0.3) is 0 Å². The number of ether oxygens (including phenoxy) is 1. The Kier molecular flexibility index (Phi) is 5.82. The Morgan fingerprint density at radius 2 is 1.74 bits per heavy atom. The molecule has 3 aliphatic heterocycles. The number of hydrogen-bond acceptors (Lipinski definition) is 4. The first-order valence-corrected chi connectivity index (χ1v) is 13.3. The zero-order valence-electron chi connectivity index (χ0n) is 22.4. The number of rotatable bonds is 3. The lowest BCUT2D eigenvalue weighted by Gasteiger charge is -2.50.